The van der Waals surface area contributed by atoms with Gasteiger partial charge in [0.2, 0.25) is 0 Å². The van der Waals surface area contributed by atoms with Crippen LogP contribution in [0.4, 0.5) is 5.82 Å². The van der Waals surface area contributed by atoms with Gasteiger partial charge in [-0.1, -0.05) is 0 Å². The van der Waals surface area contributed by atoms with Gasteiger partial charge in [-0.15, -0.1) is 0 Å². The zero-order valence-electron chi connectivity index (χ0n) is 9.88. The molecule has 1 aromatic heterocycles. The number of aromatic nitrogens is 2. The topological polar surface area (TPSA) is 75.5 Å². The predicted molar refractivity (Wildman–Crippen MR) is 61.3 cm³/mol. The van der Waals surface area contributed by atoms with Gasteiger partial charge in [0.05, 0.1) is 13.0 Å². The Labute approximate surface area is 99.2 Å². The summed E-state index contributed by atoms with van der Waals surface area (Å²) in [5.74, 6) is -0.320. The third kappa shape index (κ3) is 2.46. The van der Waals surface area contributed by atoms with Gasteiger partial charge < -0.3 is 14.7 Å². The van der Waals surface area contributed by atoms with Crippen LogP contribution in [-0.2, 0) is 4.79 Å². The number of hydrogen-bond donors (Lipinski definition) is 1. The van der Waals surface area contributed by atoms with Gasteiger partial charge in [-0.3, -0.25) is 4.79 Å². The van der Waals surface area contributed by atoms with Crippen LogP contribution in [0, 0.1) is 12.8 Å². The van der Waals surface area contributed by atoms with E-state index in [1.54, 1.807) is 0 Å². The number of nitrogens with zero attached hydrogens (tertiary/aromatic N) is 3. The Bertz CT molecular complexity index is 436. The number of carboxylic acids is 1. The summed E-state index contributed by atoms with van der Waals surface area (Å²) in [4.78, 5) is 21.2. The maximum absolute atomic E-state index is 10.9. The Morgan fingerprint density at radius 3 is 2.94 bits per heavy atom. The van der Waals surface area contributed by atoms with Crippen LogP contribution in [0.1, 0.15) is 12.1 Å². The Hall–Kier alpha value is -1.85. The molecule has 1 aliphatic heterocycles. The van der Waals surface area contributed by atoms with Gasteiger partial charge in [-0.2, -0.15) is 4.98 Å². The molecular weight excluding hydrogens is 222 g/mol. The smallest absolute Gasteiger partial charge is 0.318 e. The molecule has 1 atom stereocenters. The molecular formula is C11H15N3O3. The highest BCUT2D eigenvalue weighted by Crippen LogP contribution is 2.24. The van der Waals surface area contributed by atoms with Crippen molar-refractivity contribution in [3.8, 4) is 6.01 Å². The molecule has 2 heterocycles. The van der Waals surface area contributed by atoms with Crippen molar-refractivity contribution in [3.05, 3.63) is 11.8 Å². The van der Waals surface area contributed by atoms with Crippen molar-refractivity contribution in [1.29, 1.82) is 0 Å². The van der Waals surface area contributed by atoms with Gasteiger partial charge in [-0.25, -0.2) is 4.98 Å². The first-order valence-electron chi connectivity index (χ1n) is 5.47. The van der Waals surface area contributed by atoms with E-state index in [1.165, 1.54) is 7.11 Å². The predicted octanol–water partition coefficient (Wildman–Crippen LogP) is 0.705. The van der Waals surface area contributed by atoms with Crippen LogP contribution in [-0.4, -0.2) is 41.2 Å². The summed E-state index contributed by atoms with van der Waals surface area (Å²) in [6, 6.07) is 2.16. The van der Waals surface area contributed by atoms with Crippen molar-refractivity contribution in [2.75, 3.05) is 25.1 Å². The summed E-state index contributed by atoms with van der Waals surface area (Å²) in [5, 5.41) is 8.95. The van der Waals surface area contributed by atoms with E-state index >= 15 is 0 Å². The highest BCUT2D eigenvalue weighted by atomic mass is 16.5. The molecule has 0 amide bonds. The fourth-order valence-electron chi connectivity index (χ4n) is 1.95. The van der Waals surface area contributed by atoms with Crippen molar-refractivity contribution in [3.63, 3.8) is 0 Å². The summed E-state index contributed by atoms with van der Waals surface area (Å²) < 4.78 is 5.00. The number of methoxy groups -OCH3 is 1. The number of hydrogen-bond acceptors (Lipinski definition) is 5. The van der Waals surface area contributed by atoms with Crippen LogP contribution in [0.15, 0.2) is 6.07 Å². The first-order chi connectivity index (χ1) is 8.10. The molecule has 1 unspecified atom stereocenters. The second kappa shape index (κ2) is 4.57. The van der Waals surface area contributed by atoms with Crippen molar-refractivity contribution >= 4 is 11.8 Å². The second-order valence-corrected chi connectivity index (χ2v) is 4.12. The molecule has 0 saturated carbocycles. The standard InChI is InChI=1S/C11H15N3O3/c1-7-5-9(13-11(12-7)17-2)14-4-3-8(6-14)10(15)16/h5,8H,3-4,6H2,1-2H3,(H,15,16). The van der Waals surface area contributed by atoms with E-state index in [1.807, 2.05) is 17.9 Å². The fraction of sp³-hybridized carbons (Fsp3) is 0.545. The van der Waals surface area contributed by atoms with Crippen LogP contribution >= 0.6 is 0 Å². The quantitative estimate of drug-likeness (QED) is 0.834. The summed E-state index contributed by atoms with van der Waals surface area (Å²) in [6.07, 6.45) is 0.653. The van der Waals surface area contributed by atoms with Crippen LogP contribution < -0.4 is 9.64 Å². The van der Waals surface area contributed by atoms with Crippen LogP contribution in [0.5, 0.6) is 6.01 Å². The Morgan fingerprint density at radius 2 is 2.35 bits per heavy atom. The third-order valence-corrected chi connectivity index (χ3v) is 2.86. The van der Waals surface area contributed by atoms with Crippen LogP contribution in [0.3, 0.4) is 0 Å². The summed E-state index contributed by atoms with van der Waals surface area (Å²) in [6.45, 7) is 3.06. The number of anilines is 1. The number of carbonyl (C=O) groups is 1. The highest BCUT2D eigenvalue weighted by Gasteiger charge is 2.29. The molecule has 0 aromatic carbocycles. The van der Waals surface area contributed by atoms with E-state index in [0.717, 1.165) is 11.5 Å². The molecule has 6 heteroatoms. The molecule has 1 aromatic rings. The van der Waals surface area contributed by atoms with E-state index in [2.05, 4.69) is 9.97 Å². The van der Waals surface area contributed by atoms with E-state index in [4.69, 9.17) is 9.84 Å². The number of carboxylic acid groups (broad SMARTS) is 1. The Kier molecular flexibility index (Phi) is 3.12. The number of aryl methyl sites for hydroxylation is 1. The van der Waals surface area contributed by atoms with Crippen molar-refractivity contribution in [2.24, 2.45) is 5.92 Å². The maximum atomic E-state index is 10.9. The molecule has 2 rings (SSSR count). The van der Waals surface area contributed by atoms with Crippen LogP contribution in [0.2, 0.25) is 0 Å². The minimum absolute atomic E-state index is 0.309. The Morgan fingerprint density at radius 1 is 1.59 bits per heavy atom. The van der Waals surface area contributed by atoms with Gasteiger partial charge >= 0.3 is 12.0 Å². The molecule has 1 aliphatic rings. The molecule has 1 fully saturated rings. The zero-order valence-corrected chi connectivity index (χ0v) is 9.88. The summed E-state index contributed by atoms with van der Waals surface area (Å²) in [7, 11) is 1.52. The zero-order chi connectivity index (χ0) is 12.4. The van der Waals surface area contributed by atoms with E-state index in [0.29, 0.717) is 25.5 Å². The van der Waals surface area contributed by atoms with Gasteiger partial charge in [0.1, 0.15) is 5.82 Å². The van der Waals surface area contributed by atoms with Crippen molar-refractivity contribution in [2.45, 2.75) is 13.3 Å². The summed E-state index contributed by atoms with van der Waals surface area (Å²) >= 11 is 0. The summed E-state index contributed by atoms with van der Waals surface area (Å²) in [5.41, 5.74) is 0.811. The minimum Gasteiger partial charge on any atom is -0.481 e. The molecule has 0 aliphatic carbocycles. The highest BCUT2D eigenvalue weighted by molar-refractivity contribution is 5.71. The van der Waals surface area contributed by atoms with Gasteiger partial charge in [0.25, 0.3) is 0 Å². The lowest BCUT2D eigenvalue weighted by Crippen LogP contribution is -2.23. The number of ether oxygens (including phenoxy) is 1. The average Bonchev–Trinajstić information content (AvgIpc) is 2.77. The molecule has 1 saturated heterocycles. The molecule has 0 bridgehead atoms. The van der Waals surface area contributed by atoms with E-state index < -0.39 is 5.97 Å². The lowest BCUT2D eigenvalue weighted by molar-refractivity contribution is -0.140. The molecule has 17 heavy (non-hydrogen) atoms. The van der Waals surface area contributed by atoms with E-state index in [9.17, 15) is 4.79 Å². The Balaban J connectivity index is 2.18. The van der Waals surface area contributed by atoms with Crippen molar-refractivity contribution in [1.82, 2.24) is 9.97 Å². The first kappa shape index (κ1) is 11.6. The third-order valence-electron chi connectivity index (χ3n) is 2.86. The van der Waals surface area contributed by atoms with Crippen molar-refractivity contribution < 1.29 is 14.6 Å². The van der Waals surface area contributed by atoms with Gasteiger partial charge in [0.15, 0.2) is 0 Å². The monoisotopic (exact) mass is 237 g/mol. The molecule has 0 spiro atoms. The van der Waals surface area contributed by atoms with Gasteiger partial charge in [0, 0.05) is 24.8 Å². The molecule has 6 nitrogen and oxygen atoms in total. The molecule has 0 radical (unpaired) electrons. The second-order valence-electron chi connectivity index (χ2n) is 4.12. The largest absolute Gasteiger partial charge is 0.481 e. The lowest BCUT2D eigenvalue weighted by Gasteiger charge is -2.17. The first-order valence-corrected chi connectivity index (χ1v) is 5.47. The molecule has 1 N–H and O–H groups in total. The fourth-order valence-corrected chi connectivity index (χ4v) is 1.95. The number of aliphatic carboxylic acids is 1. The van der Waals surface area contributed by atoms with Gasteiger partial charge in [-0.05, 0) is 13.3 Å². The normalized spacial score (nSPS) is 19.4. The minimum atomic E-state index is -0.745. The maximum Gasteiger partial charge on any atom is 0.318 e. The molecule has 92 valence electrons. The SMILES string of the molecule is COc1nc(C)cc(N2CCC(C(=O)O)C2)n1. The number of rotatable bonds is 3. The average molecular weight is 237 g/mol. The lowest BCUT2D eigenvalue weighted by atomic mass is 10.1. The van der Waals surface area contributed by atoms with Crippen LogP contribution in [0.25, 0.3) is 0 Å². The van der Waals surface area contributed by atoms with E-state index in [-0.39, 0.29) is 5.92 Å².